The molecule has 0 aromatic heterocycles. The van der Waals surface area contributed by atoms with Gasteiger partial charge in [0.1, 0.15) is 17.8 Å². The fourth-order valence-corrected chi connectivity index (χ4v) is 5.18. The molecule has 1 saturated heterocycles. The number of aliphatic hydroxyl groups is 2. The van der Waals surface area contributed by atoms with Gasteiger partial charge in [-0.15, -0.1) is 0 Å². The maximum absolute atomic E-state index is 11.6. The molecular weight excluding hydrogens is 397 g/mol. The quantitative estimate of drug-likeness (QED) is 0.293. The summed E-state index contributed by atoms with van der Waals surface area (Å²) in [6.07, 6.45) is -2.88. The second kappa shape index (κ2) is 6.79. The normalized spacial score (nSPS) is 35.4. The van der Waals surface area contributed by atoms with E-state index in [0.29, 0.717) is 0 Å². The molecule has 0 aliphatic carbocycles. The highest BCUT2D eigenvalue weighted by atomic mass is 31.3. The lowest BCUT2D eigenvalue weighted by molar-refractivity contribution is -0.125. The summed E-state index contributed by atoms with van der Waals surface area (Å²) >= 11 is 0. The molecule has 144 valence electrons. The topological polar surface area (TPSA) is 210 Å². The van der Waals surface area contributed by atoms with Crippen molar-refractivity contribution >= 4 is 23.5 Å². The monoisotopic (exact) mass is 416 g/mol. The summed E-state index contributed by atoms with van der Waals surface area (Å²) < 4.78 is 50.1. The van der Waals surface area contributed by atoms with Gasteiger partial charge < -0.3 is 34.5 Å². The first-order valence-electron chi connectivity index (χ1n) is 6.24. The van der Waals surface area contributed by atoms with Gasteiger partial charge in [0.05, 0.1) is 12.2 Å². The van der Waals surface area contributed by atoms with E-state index < -0.39 is 53.5 Å². The second-order valence-corrected chi connectivity index (χ2v) is 10.2. The van der Waals surface area contributed by atoms with Crippen LogP contribution in [0.1, 0.15) is 20.8 Å². The van der Waals surface area contributed by atoms with Gasteiger partial charge in [-0.1, -0.05) is 0 Å². The number of hydrogen-bond acceptors (Lipinski definition) is 9. The van der Waals surface area contributed by atoms with Crippen molar-refractivity contribution in [3.8, 4) is 0 Å². The van der Waals surface area contributed by atoms with E-state index in [4.69, 9.17) is 19.4 Å². The summed E-state index contributed by atoms with van der Waals surface area (Å²) in [5, 5.41) is 19.8. The summed E-state index contributed by atoms with van der Waals surface area (Å²) in [6, 6.07) is 0. The van der Waals surface area contributed by atoms with E-state index in [1.807, 2.05) is 0 Å². The summed E-state index contributed by atoms with van der Waals surface area (Å²) in [5.74, 6) is 0. The minimum atomic E-state index is -5.63. The zero-order chi connectivity index (χ0) is 19.2. The Labute approximate surface area is 136 Å². The molecule has 5 atom stereocenters. The van der Waals surface area contributed by atoms with Crippen molar-refractivity contribution in [2.75, 3.05) is 6.61 Å². The van der Waals surface area contributed by atoms with E-state index in [2.05, 4.69) is 13.1 Å². The highest BCUT2D eigenvalue weighted by molar-refractivity contribution is 7.66. The average molecular weight is 416 g/mol. The molecule has 5 unspecified atom stereocenters. The molecule has 1 aliphatic rings. The second-order valence-electron chi connectivity index (χ2n) is 5.77. The fraction of sp³-hybridized carbons (Fsp3) is 1.00. The van der Waals surface area contributed by atoms with Crippen LogP contribution in [0.15, 0.2) is 0 Å². The van der Waals surface area contributed by atoms with Crippen LogP contribution in [-0.2, 0) is 31.6 Å². The molecule has 1 aliphatic heterocycles. The van der Waals surface area contributed by atoms with Gasteiger partial charge in [-0.2, -0.15) is 8.62 Å². The smallest absolute Gasteiger partial charge is 0.387 e. The molecule has 0 spiro atoms. The van der Waals surface area contributed by atoms with Gasteiger partial charge in [-0.3, -0.25) is 4.52 Å². The molecular formula is C8H19O13P3. The summed E-state index contributed by atoms with van der Waals surface area (Å²) in [4.78, 5) is 35.2. The molecule has 0 bridgehead atoms. The molecule has 13 nitrogen and oxygen atoms in total. The van der Waals surface area contributed by atoms with Gasteiger partial charge in [0, 0.05) is 0 Å². The highest BCUT2D eigenvalue weighted by Gasteiger charge is 2.56. The third-order valence-electron chi connectivity index (χ3n) is 3.06. The first kappa shape index (κ1) is 22.3. The van der Waals surface area contributed by atoms with Gasteiger partial charge in [-0.25, -0.2) is 13.7 Å². The molecule has 0 aromatic carbocycles. The van der Waals surface area contributed by atoms with Gasteiger partial charge >= 0.3 is 23.5 Å². The van der Waals surface area contributed by atoms with Gasteiger partial charge in [0.2, 0.25) is 0 Å². The largest absolute Gasteiger partial charge is 0.490 e. The summed E-state index contributed by atoms with van der Waals surface area (Å²) in [5.41, 5.74) is -2.89. The third-order valence-corrected chi connectivity index (χ3v) is 6.85. The van der Waals surface area contributed by atoms with Gasteiger partial charge in [0.25, 0.3) is 0 Å². The van der Waals surface area contributed by atoms with Gasteiger partial charge in [0.15, 0.2) is 0 Å². The number of phosphoric ester groups is 1. The lowest BCUT2D eigenvalue weighted by Gasteiger charge is -2.29. The van der Waals surface area contributed by atoms with Crippen LogP contribution in [0.3, 0.4) is 0 Å². The Bertz CT molecular complexity index is 612. The van der Waals surface area contributed by atoms with Crippen molar-refractivity contribution in [3.63, 3.8) is 0 Å². The van der Waals surface area contributed by atoms with Crippen molar-refractivity contribution in [1.29, 1.82) is 0 Å². The molecule has 16 heteroatoms. The van der Waals surface area contributed by atoms with Crippen molar-refractivity contribution < 1.29 is 61.4 Å². The molecule has 24 heavy (non-hydrogen) atoms. The van der Waals surface area contributed by atoms with E-state index in [1.54, 1.807) is 0 Å². The van der Waals surface area contributed by atoms with Crippen LogP contribution in [0, 0.1) is 0 Å². The van der Waals surface area contributed by atoms with Crippen molar-refractivity contribution in [2.45, 2.75) is 44.2 Å². The SMILES string of the molecule is CC1(C)OC(C)(COP(=O)(O)OP(=O)(O)OP(=O)(O)O)C(O)C1O. The lowest BCUT2D eigenvalue weighted by atomic mass is 9.93. The van der Waals surface area contributed by atoms with E-state index in [0.717, 1.165) is 0 Å². The predicted molar refractivity (Wildman–Crippen MR) is 75.4 cm³/mol. The van der Waals surface area contributed by atoms with E-state index in [9.17, 15) is 28.8 Å². The maximum atomic E-state index is 11.6. The number of phosphoric acid groups is 3. The molecule has 0 amide bonds. The van der Waals surface area contributed by atoms with Crippen LogP contribution in [0.5, 0.6) is 0 Å². The highest BCUT2D eigenvalue weighted by Crippen LogP contribution is 2.66. The van der Waals surface area contributed by atoms with Crippen LogP contribution in [0.4, 0.5) is 0 Å². The number of rotatable bonds is 7. The Morgan fingerprint density at radius 2 is 1.42 bits per heavy atom. The Morgan fingerprint density at radius 3 is 1.79 bits per heavy atom. The summed E-state index contributed by atoms with van der Waals surface area (Å²) in [6.45, 7) is 3.26. The van der Waals surface area contributed by atoms with Crippen LogP contribution < -0.4 is 0 Å². The van der Waals surface area contributed by atoms with Crippen LogP contribution in [0.25, 0.3) is 0 Å². The van der Waals surface area contributed by atoms with Gasteiger partial charge in [-0.05, 0) is 20.8 Å². The predicted octanol–water partition coefficient (Wildman–Crippen LogP) is -0.381. The van der Waals surface area contributed by atoms with Crippen LogP contribution >= 0.6 is 23.5 Å². The molecule has 6 N–H and O–H groups in total. The lowest BCUT2D eigenvalue weighted by Crippen LogP contribution is -2.44. The number of aliphatic hydroxyl groups excluding tert-OH is 2. The Hall–Kier alpha value is 0.290. The van der Waals surface area contributed by atoms with Crippen molar-refractivity contribution in [2.24, 2.45) is 0 Å². The number of hydrogen-bond donors (Lipinski definition) is 6. The van der Waals surface area contributed by atoms with E-state index in [1.165, 1.54) is 20.8 Å². The minimum Gasteiger partial charge on any atom is -0.387 e. The van der Waals surface area contributed by atoms with E-state index >= 15 is 0 Å². The average Bonchev–Trinajstić information content (AvgIpc) is 2.43. The van der Waals surface area contributed by atoms with E-state index in [-0.39, 0.29) is 0 Å². The Kier molecular flexibility index (Phi) is 6.32. The molecule has 1 fully saturated rings. The molecule has 0 saturated carbocycles. The fourth-order valence-electron chi connectivity index (χ4n) is 2.06. The van der Waals surface area contributed by atoms with Crippen LogP contribution in [-0.4, -0.2) is 59.8 Å². The zero-order valence-electron chi connectivity index (χ0n) is 12.7. The Balaban J connectivity index is 2.77. The number of ether oxygens (including phenoxy) is 1. The molecule has 0 radical (unpaired) electrons. The first-order chi connectivity index (χ1) is 10.4. The van der Waals surface area contributed by atoms with Crippen molar-refractivity contribution in [1.82, 2.24) is 0 Å². The first-order valence-corrected chi connectivity index (χ1v) is 10.8. The van der Waals surface area contributed by atoms with Crippen molar-refractivity contribution in [3.05, 3.63) is 0 Å². The zero-order valence-corrected chi connectivity index (χ0v) is 15.4. The maximum Gasteiger partial charge on any atom is 0.490 e. The Morgan fingerprint density at radius 1 is 0.917 bits per heavy atom. The minimum absolute atomic E-state index is 0.863. The molecule has 1 rings (SSSR count). The summed E-state index contributed by atoms with van der Waals surface area (Å²) in [7, 11) is -16.4. The third kappa shape index (κ3) is 5.93. The molecule has 0 aromatic rings. The molecule has 1 heterocycles. The standard InChI is InChI=1S/C8H19O13P3/c1-7(2)5(9)6(10)8(3,19-7)4-18-23(14,15)21-24(16,17)20-22(11,12)13/h5-6,9-10H,4H2,1-3H3,(H,14,15)(H,16,17)(H2,11,12,13). The van der Waals surface area contributed by atoms with Crippen LogP contribution in [0.2, 0.25) is 0 Å².